The first-order valence-corrected chi connectivity index (χ1v) is 1.34. The molecule has 0 aromatic carbocycles. The molecule has 0 fully saturated rings. The predicted octanol–water partition coefficient (Wildman–Crippen LogP) is -13.4. The molecule has 0 saturated carbocycles. The van der Waals surface area contributed by atoms with Crippen molar-refractivity contribution in [1.82, 2.24) is 0 Å². The first-order valence-electron chi connectivity index (χ1n) is 1.34. The van der Waals surface area contributed by atoms with Gasteiger partial charge in [-0.15, -0.1) is 0 Å². The van der Waals surface area contributed by atoms with Gasteiger partial charge in [0.05, 0.1) is 0 Å². The maximum absolute atomic E-state index is 6.25. The molecule has 0 rings (SSSR count). The molecule has 0 aliphatic heterocycles. The van der Waals surface area contributed by atoms with E-state index >= 15 is 0 Å². The van der Waals surface area contributed by atoms with E-state index in [0.29, 0.717) is 0 Å². The molecule has 102 valence electrons. The topological polar surface area (TPSA) is 237 Å². The van der Waals surface area contributed by atoms with E-state index in [1.807, 2.05) is 0 Å². The van der Waals surface area contributed by atoms with E-state index in [0.717, 1.165) is 0 Å². The van der Waals surface area contributed by atoms with Gasteiger partial charge in [-0.1, -0.05) is 0 Å². The molecule has 0 aliphatic carbocycles. The summed E-state index contributed by atoms with van der Waals surface area (Å²) >= 11 is 0. The Balaban J connectivity index is -0.000000000921. The summed E-state index contributed by atoms with van der Waals surface area (Å²) in [5.41, 5.74) is 0. The van der Waals surface area contributed by atoms with Crippen LogP contribution in [-0.2, 0) is 34.1 Å². The molecule has 0 spiro atoms. The van der Waals surface area contributed by atoms with Crippen LogP contribution in [0.15, 0.2) is 0 Å². The van der Waals surface area contributed by atoms with Gasteiger partial charge in [-0.2, -0.15) is 0 Å². The van der Waals surface area contributed by atoms with E-state index in [2.05, 4.69) is 0 Å². The van der Waals surface area contributed by atoms with E-state index < -0.39 is 0 Å². The Morgan fingerprint density at radius 1 is 0.333 bits per heavy atom. The molecule has 21 heavy (non-hydrogen) atoms. The smallest absolute Gasteiger partial charge is 1.00 e. The summed E-state index contributed by atoms with van der Waals surface area (Å²) in [7, 11) is 0. The van der Waals surface area contributed by atoms with E-state index in [9.17, 15) is 0 Å². The summed E-state index contributed by atoms with van der Waals surface area (Å²) in [6, 6.07) is 0. The molecule has 0 heterocycles. The van der Waals surface area contributed by atoms with Crippen molar-refractivity contribution in [2.24, 2.45) is 0 Å². The molecular formula is C6H10Fe2K4N6O3. The number of hydrogen-bond donors (Lipinski definition) is 0. The van der Waals surface area contributed by atoms with Crippen LogP contribution < -0.4 is 206 Å². The molecule has 0 saturated heterocycles. The summed E-state index contributed by atoms with van der Waals surface area (Å²) in [5.74, 6) is 0. The summed E-state index contributed by atoms with van der Waals surface area (Å²) in [5, 5.41) is 37.5. The van der Waals surface area contributed by atoms with Crippen molar-refractivity contribution in [2.45, 2.75) is 0 Å². The molecule has 0 unspecified atom stereocenters. The number of rotatable bonds is 0. The number of nitrogens with zero attached hydrogens (tertiary/aromatic N) is 6. The largest absolute Gasteiger partial charge is 3.00 e. The average molecular weight is 482 g/mol. The van der Waals surface area contributed by atoms with Gasteiger partial charge < -0.3 is 93.1 Å². The van der Waals surface area contributed by atoms with Crippen LogP contribution >= 0.6 is 0 Å². The Bertz CT molecular complexity index is 137. The Morgan fingerprint density at radius 2 is 0.333 bits per heavy atom. The van der Waals surface area contributed by atoms with Gasteiger partial charge in [0, 0.05) is 0 Å². The maximum atomic E-state index is 6.25. The predicted molar refractivity (Wildman–Crippen MR) is 45.1 cm³/mol. The van der Waals surface area contributed by atoms with Crippen molar-refractivity contribution in [1.29, 1.82) is 31.6 Å². The van der Waals surface area contributed by atoms with E-state index in [-0.39, 0.29) is 262 Å². The second-order valence-electron chi connectivity index (χ2n) is 0. The van der Waals surface area contributed by atoms with Crippen LogP contribution in [0.5, 0.6) is 0 Å². The summed E-state index contributed by atoms with van der Waals surface area (Å²) < 4.78 is 0. The third kappa shape index (κ3) is 631. The molecule has 0 aliphatic rings. The zero-order valence-electron chi connectivity index (χ0n) is 15.9. The molecule has 15 heteroatoms. The molecular weight excluding hydrogens is 472 g/mol. The first kappa shape index (κ1) is 140. The minimum Gasteiger partial charge on any atom is -1.00 e. The van der Waals surface area contributed by atoms with Crippen molar-refractivity contribution < 1.29 is 262 Å². The molecule has 0 bridgehead atoms. The van der Waals surface area contributed by atoms with Gasteiger partial charge in [-0.25, -0.2) is 0 Å². The third-order valence-electron chi connectivity index (χ3n) is 0. The standard InChI is InChI=1S/6CN.2Fe.4K.3H2O.4H/c6*1-2;;;;;;;;;;;;;/h;;;;;;;;;;;;3*1H2;;;;/q6*-1;2*+3;4*+1;;;;4*-1. The van der Waals surface area contributed by atoms with E-state index in [1.54, 1.807) is 0 Å². The van der Waals surface area contributed by atoms with Crippen molar-refractivity contribution in [3.05, 3.63) is 39.4 Å². The van der Waals surface area contributed by atoms with E-state index in [1.165, 1.54) is 0 Å². The van der Waals surface area contributed by atoms with Crippen LogP contribution in [-0.4, -0.2) is 16.4 Å². The van der Waals surface area contributed by atoms with Gasteiger partial charge in [-0.05, 0) is 0 Å². The van der Waals surface area contributed by atoms with Crippen molar-refractivity contribution in [3.8, 4) is 0 Å². The van der Waals surface area contributed by atoms with Crippen LogP contribution in [0.25, 0.3) is 0 Å². The molecule has 9 nitrogen and oxygen atoms in total. The van der Waals surface area contributed by atoms with Crippen molar-refractivity contribution in [3.63, 3.8) is 0 Å². The van der Waals surface area contributed by atoms with Crippen LogP contribution in [0.3, 0.4) is 0 Å². The molecule has 2 radical (unpaired) electrons. The van der Waals surface area contributed by atoms with Gasteiger partial charge in [-0.3, -0.25) is 0 Å². The quantitative estimate of drug-likeness (QED) is 0.240. The minimum atomic E-state index is 0. The zero-order valence-corrected chi connectivity index (χ0v) is 26.6. The molecule has 0 atom stereocenters. The van der Waals surface area contributed by atoms with Gasteiger partial charge in [0.15, 0.2) is 0 Å². The van der Waals surface area contributed by atoms with Gasteiger partial charge in [0.2, 0.25) is 0 Å². The second kappa shape index (κ2) is 689. The Hall–Kier alpha value is 4.40. The third-order valence-corrected chi connectivity index (χ3v) is 0. The fraction of sp³-hybridized carbons (Fsp3) is 0. The summed E-state index contributed by atoms with van der Waals surface area (Å²) in [6.07, 6.45) is 0. The van der Waals surface area contributed by atoms with Gasteiger partial charge >= 0.3 is 240 Å². The van der Waals surface area contributed by atoms with Crippen LogP contribution in [0, 0.1) is 71.0 Å². The van der Waals surface area contributed by atoms with Crippen LogP contribution in [0.4, 0.5) is 0 Å². The van der Waals surface area contributed by atoms with E-state index in [4.69, 9.17) is 71.0 Å². The molecule has 6 N–H and O–H groups in total. The zero-order chi connectivity index (χ0) is 12.0. The van der Waals surface area contributed by atoms with Gasteiger partial charge in [0.1, 0.15) is 0 Å². The fourth-order valence-electron chi connectivity index (χ4n) is 0. The van der Waals surface area contributed by atoms with Crippen molar-refractivity contribution >= 4 is 0 Å². The van der Waals surface area contributed by atoms with Crippen LogP contribution in [0.2, 0.25) is 0 Å². The average Bonchev–Trinajstić information content (AvgIpc) is 2.33. The normalized spacial score (nSPS) is 0.571. The molecule has 0 aromatic rings. The first-order chi connectivity index (χ1) is 6.00. The Kier molecular flexibility index (Phi) is 4590. The Morgan fingerprint density at radius 3 is 0.333 bits per heavy atom. The molecule has 0 aromatic heterocycles. The Labute approximate surface area is 323 Å². The van der Waals surface area contributed by atoms with Gasteiger partial charge in [0.25, 0.3) is 0 Å². The SMILES string of the molecule is O.O.O.[C-]#N.[C-]#N.[C-]#N.[C-]#N.[C-]#N.[C-]#N.[Fe+3].[Fe+3].[H-].[H-].[H-].[H-].[K+].[K+].[K+].[K+]. The van der Waals surface area contributed by atoms with Crippen LogP contribution in [0.1, 0.15) is 5.71 Å². The summed E-state index contributed by atoms with van der Waals surface area (Å²) in [4.78, 5) is 0. The monoisotopic (exact) mass is 482 g/mol. The molecule has 0 amide bonds. The van der Waals surface area contributed by atoms with Crippen molar-refractivity contribution in [2.75, 3.05) is 0 Å². The second-order valence-corrected chi connectivity index (χ2v) is 0. The fourth-order valence-corrected chi connectivity index (χ4v) is 0. The summed E-state index contributed by atoms with van der Waals surface area (Å²) in [6.45, 7) is 28.5. The number of hydrogen-bond acceptors (Lipinski definition) is 6. The minimum absolute atomic E-state index is 0. The maximum Gasteiger partial charge on any atom is 3.00 e.